The molecule has 0 fully saturated rings. The first-order valence-electron chi connectivity index (χ1n) is 6.16. The summed E-state index contributed by atoms with van der Waals surface area (Å²) in [6.45, 7) is 6.50. The maximum Gasteiger partial charge on any atom is 0.0488 e. The van der Waals surface area contributed by atoms with E-state index >= 15 is 0 Å². The van der Waals surface area contributed by atoms with Crippen LogP contribution in [0.15, 0.2) is 42.5 Å². The first-order chi connectivity index (χ1) is 8.58. The second-order valence-corrected chi connectivity index (χ2v) is 5.85. The summed E-state index contributed by atoms with van der Waals surface area (Å²) in [6.07, 6.45) is 0. The maximum atomic E-state index is 3.56. The zero-order chi connectivity index (χ0) is 13.1. The lowest BCUT2D eigenvalue weighted by atomic mass is 10.0. The van der Waals surface area contributed by atoms with E-state index in [1.165, 1.54) is 25.9 Å². The molecule has 0 bridgehead atoms. The van der Waals surface area contributed by atoms with E-state index in [4.69, 9.17) is 0 Å². The van der Waals surface area contributed by atoms with E-state index in [1.807, 2.05) is 0 Å². The van der Waals surface area contributed by atoms with Crippen molar-refractivity contribution in [3.8, 4) is 0 Å². The van der Waals surface area contributed by atoms with Gasteiger partial charge in [-0.25, -0.2) is 0 Å². The van der Waals surface area contributed by atoms with Crippen LogP contribution in [0.2, 0.25) is 0 Å². The van der Waals surface area contributed by atoms with E-state index in [0.717, 1.165) is 0 Å². The molecule has 0 aliphatic carbocycles. The van der Waals surface area contributed by atoms with Crippen molar-refractivity contribution in [2.24, 2.45) is 0 Å². The van der Waals surface area contributed by atoms with Gasteiger partial charge in [0.05, 0.1) is 0 Å². The molecule has 1 nitrogen and oxygen atoms in total. The average Bonchev–Trinajstić information content (AvgIpc) is 2.34. The molecule has 0 aliphatic rings. The predicted octanol–water partition coefficient (Wildman–Crippen LogP) is 5.08. The lowest BCUT2D eigenvalue weighted by Gasteiger charge is -2.18. The largest absolute Gasteiger partial charge is 0.378 e. The number of hydrogen-bond acceptors (Lipinski definition) is 1. The van der Waals surface area contributed by atoms with Crippen molar-refractivity contribution in [2.45, 2.75) is 26.8 Å². The molecule has 1 unspecified atom stereocenters. The standard InChI is InChI=1S/C16H18IN/c1-11-6-4-5-7-15(11)13(3)18-14-9-8-12(2)16(17)10-14/h4-10,13,18H,1-3H3. The summed E-state index contributed by atoms with van der Waals surface area (Å²) in [5.41, 5.74) is 5.19. The van der Waals surface area contributed by atoms with E-state index in [9.17, 15) is 0 Å². The SMILES string of the molecule is Cc1ccc(NC(C)c2ccccc2C)cc1I. The predicted molar refractivity (Wildman–Crippen MR) is 87.1 cm³/mol. The third-order valence-electron chi connectivity index (χ3n) is 3.21. The van der Waals surface area contributed by atoms with Gasteiger partial charge in [0.2, 0.25) is 0 Å². The van der Waals surface area contributed by atoms with Gasteiger partial charge in [-0.05, 0) is 72.2 Å². The summed E-state index contributed by atoms with van der Waals surface area (Å²) in [7, 11) is 0. The van der Waals surface area contributed by atoms with Crippen molar-refractivity contribution in [3.05, 3.63) is 62.7 Å². The Labute approximate surface area is 123 Å². The molecule has 0 heterocycles. The van der Waals surface area contributed by atoms with Crippen LogP contribution in [-0.4, -0.2) is 0 Å². The first-order valence-corrected chi connectivity index (χ1v) is 7.24. The maximum absolute atomic E-state index is 3.56. The first kappa shape index (κ1) is 13.4. The van der Waals surface area contributed by atoms with Gasteiger partial charge >= 0.3 is 0 Å². The highest BCUT2D eigenvalue weighted by Gasteiger charge is 2.08. The number of anilines is 1. The highest BCUT2D eigenvalue weighted by Crippen LogP contribution is 2.24. The summed E-state index contributed by atoms with van der Waals surface area (Å²) < 4.78 is 1.30. The molecule has 2 rings (SSSR count). The van der Waals surface area contributed by atoms with Crippen LogP contribution in [-0.2, 0) is 0 Å². The van der Waals surface area contributed by atoms with Crippen molar-refractivity contribution in [3.63, 3.8) is 0 Å². The fourth-order valence-corrected chi connectivity index (χ4v) is 2.60. The Bertz CT molecular complexity index is 549. The second kappa shape index (κ2) is 5.74. The van der Waals surface area contributed by atoms with Crippen LogP contribution in [0.25, 0.3) is 0 Å². The molecule has 0 radical (unpaired) electrons. The van der Waals surface area contributed by atoms with E-state index in [0.29, 0.717) is 6.04 Å². The zero-order valence-electron chi connectivity index (χ0n) is 11.0. The number of nitrogens with one attached hydrogen (secondary N) is 1. The average molecular weight is 351 g/mol. The van der Waals surface area contributed by atoms with Gasteiger partial charge in [-0.15, -0.1) is 0 Å². The van der Waals surface area contributed by atoms with Gasteiger partial charge in [-0.3, -0.25) is 0 Å². The van der Waals surface area contributed by atoms with Crippen LogP contribution in [0.3, 0.4) is 0 Å². The summed E-state index contributed by atoms with van der Waals surface area (Å²) in [5, 5.41) is 3.56. The van der Waals surface area contributed by atoms with Gasteiger partial charge in [-0.1, -0.05) is 30.3 Å². The Hall–Kier alpha value is -1.03. The molecular formula is C16H18IN. The molecule has 2 heteroatoms. The van der Waals surface area contributed by atoms with Gasteiger partial charge in [-0.2, -0.15) is 0 Å². The van der Waals surface area contributed by atoms with Crippen molar-refractivity contribution in [2.75, 3.05) is 5.32 Å². The summed E-state index contributed by atoms with van der Waals surface area (Å²) in [6, 6.07) is 15.4. The fourth-order valence-electron chi connectivity index (χ4n) is 2.08. The second-order valence-electron chi connectivity index (χ2n) is 4.69. The number of aryl methyl sites for hydroxylation is 2. The van der Waals surface area contributed by atoms with Crippen LogP contribution in [0.1, 0.15) is 29.7 Å². The summed E-state index contributed by atoms with van der Waals surface area (Å²) in [5.74, 6) is 0. The molecular weight excluding hydrogens is 333 g/mol. The molecule has 2 aromatic rings. The van der Waals surface area contributed by atoms with E-state index in [2.05, 4.69) is 91.1 Å². The Morgan fingerprint density at radius 1 is 1.00 bits per heavy atom. The quantitative estimate of drug-likeness (QED) is 0.761. The van der Waals surface area contributed by atoms with Crippen molar-refractivity contribution < 1.29 is 0 Å². The van der Waals surface area contributed by atoms with Gasteiger partial charge in [0, 0.05) is 15.3 Å². The zero-order valence-corrected chi connectivity index (χ0v) is 13.2. The number of hydrogen-bond donors (Lipinski definition) is 1. The highest BCUT2D eigenvalue weighted by molar-refractivity contribution is 14.1. The number of benzene rings is 2. The topological polar surface area (TPSA) is 12.0 Å². The fraction of sp³-hybridized carbons (Fsp3) is 0.250. The molecule has 2 aromatic carbocycles. The molecule has 0 saturated heterocycles. The highest BCUT2D eigenvalue weighted by atomic mass is 127. The van der Waals surface area contributed by atoms with Crippen LogP contribution in [0.4, 0.5) is 5.69 Å². The van der Waals surface area contributed by atoms with Crippen molar-refractivity contribution >= 4 is 28.3 Å². The lowest BCUT2D eigenvalue weighted by Crippen LogP contribution is -2.08. The van der Waals surface area contributed by atoms with Crippen LogP contribution in [0, 0.1) is 17.4 Å². The van der Waals surface area contributed by atoms with Crippen molar-refractivity contribution in [1.29, 1.82) is 0 Å². The van der Waals surface area contributed by atoms with E-state index < -0.39 is 0 Å². The Kier molecular flexibility index (Phi) is 4.27. The molecule has 0 amide bonds. The molecule has 0 saturated carbocycles. The van der Waals surface area contributed by atoms with Gasteiger partial charge in [0.25, 0.3) is 0 Å². The van der Waals surface area contributed by atoms with Gasteiger partial charge in [0.15, 0.2) is 0 Å². The minimum absolute atomic E-state index is 0.324. The third-order valence-corrected chi connectivity index (χ3v) is 4.37. The Morgan fingerprint density at radius 2 is 1.72 bits per heavy atom. The molecule has 0 aromatic heterocycles. The molecule has 0 aliphatic heterocycles. The van der Waals surface area contributed by atoms with Crippen molar-refractivity contribution in [1.82, 2.24) is 0 Å². The van der Waals surface area contributed by atoms with Gasteiger partial charge in [0.1, 0.15) is 0 Å². The minimum atomic E-state index is 0.324. The monoisotopic (exact) mass is 351 g/mol. The Balaban J connectivity index is 2.19. The number of halogens is 1. The Morgan fingerprint density at radius 3 is 2.39 bits per heavy atom. The molecule has 94 valence electrons. The normalized spacial score (nSPS) is 12.2. The van der Waals surface area contributed by atoms with Crippen LogP contribution >= 0.6 is 22.6 Å². The van der Waals surface area contributed by atoms with Crippen LogP contribution < -0.4 is 5.32 Å². The lowest BCUT2D eigenvalue weighted by molar-refractivity contribution is 0.874. The summed E-state index contributed by atoms with van der Waals surface area (Å²) >= 11 is 2.38. The molecule has 18 heavy (non-hydrogen) atoms. The molecule has 0 spiro atoms. The molecule has 1 N–H and O–H groups in total. The summed E-state index contributed by atoms with van der Waals surface area (Å²) in [4.78, 5) is 0. The van der Waals surface area contributed by atoms with E-state index in [-0.39, 0.29) is 0 Å². The van der Waals surface area contributed by atoms with E-state index in [1.54, 1.807) is 0 Å². The number of rotatable bonds is 3. The smallest absolute Gasteiger partial charge is 0.0488 e. The molecule has 1 atom stereocenters. The third kappa shape index (κ3) is 3.05. The van der Waals surface area contributed by atoms with Crippen LogP contribution in [0.5, 0.6) is 0 Å². The minimum Gasteiger partial charge on any atom is -0.378 e. The van der Waals surface area contributed by atoms with Gasteiger partial charge < -0.3 is 5.32 Å².